The minimum atomic E-state index is -0.136. The first-order chi connectivity index (χ1) is 8.15. The molecule has 0 radical (unpaired) electrons. The van der Waals surface area contributed by atoms with Crippen molar-refractivity contribution in [3.05, 3.63) is 0 Å². The van der Waals surface area contributed by atoms with Gasteiger partial charge in [0.05, 0.1) is 0 Å². The van der Waals surface area contributed by atoms with Crippen molar-refractivity contribution >= 4 is 5.91 Å². The molecular weight excluding hydrogens is 214 g/mol. The number of hydrogen-bond donors (Lipinski definition) is 1. The van der Waals surface area contributed by atoms with Crippen LogP contribution < -0.4 is 5.73 Å². The molecule has 0 atom stereocenters. The molecule has 0 bridgehead atoms. The van der Waals surface area contributed by atoms with E-state index >= 15 is 0 Å². The molecule has 0 saturated carbocycles. The van der Waals surface area contributed by atoms with E-state index in [1.54, 1.807) is 0 Å². The fraction of sp³-hybridized carbons (Fsp3) is 0.923. The van der Waals surface area contributed by atoms with Crippen LogP contribution in [-0.2, 0) is 4.79 Å². The second-order valence-electron chi connectivity index (χ2n) is 5.68. The maximum atomic E-state index is 10.9. The van der Waals surface area contributed by atoms with Gasteiger partial charge in [0.2, 0.25) is 5.91 Å². The normalized spacial score (nSPS) is 26.2. The lowest BCUT2D eigenvalue weighted by Gasteiger charge is -2.41. The quantitative estimate of drug-likeness (QED) is 0.787. The van der Waals surface area contributed by atoms with Crippen molar-refractivity contribution in [1.29, 1.82) is 0 Å². The Morgan fingerprint density at radius 1 is 1.12 bits per heavy atom. The predicted molar refractivity (Wildman–Crippen MR) is 68.6 cm³/mol. The van der Waals surface area contributed by atoms with Gasteiger partial charge in [0.25, 0.3) is 0 Å². The zero-order chi connectivity index (χ0) is 12.3. The van der Waals surface area contributed by atoms with E-state index in [1.165, 1.54) is 25.9 Å². The summed E-state index contributed by atoms with van der Waals surface area (Å²) >= 11 is 0. The van der Waals surface area contributed by atoms with Crippen molar-refractivity contribution in [3.63, 3.8) is 0 Å². The van der Waals surface area contributed by atoms with E-state index in [9.17, 15) is 4.79 Å². The molecule has 0 aromatic carbocycles. The third kappa shape index (κ3) is 3.68. The minimum absolute atomic E-state index is 0.136. The lowest BCUT2D eigenvalue weighted by atomic mass is 9.91. The van der Waals surface area contributed by atoms with E-state index in [1.807, 2.05) is 0 Å². The summed E-state index contributed by atoms with van der Waals surface area (Å²) in [6.07, 6.45) is 5.49. The summed E-state index contributed by atoms with van der Waals surface area (Å²) in [5.74, 6) is 0.401. The number of carbonyl (C=O) groups excluding carboxylic acids is 1. The summed E-state index contributed by atoms with van der Waals surface area (Å²) in [5, 5.41) is 0. The highest BCUT2D eigenvalue weighted by atomic mass is 16.1. The molecule has 1 amide bonds. The Kier molecular flexibility index (Phi) is 4.40. The van der Waals surface area contributed by atoms with Crippen molar-refractivity contribution in [2.24, 2.45) is 11.7 Å². The molecule has 2 saturated heterocycles. The summed E-state index contributed by atoms with van der Waals surface area (Å²) in [6, 6.07) is 0.778. The molecule has 0 aromatic rings. The van der Waals surface area contributed by atoms with Crippen LogP contribution in [0.2, 0.25) is 0 Å². The maximum absolute atomic E-state index is 10.9. The number of rotatable bonds is 3. The van der Waals surface area contributed by atoms with Gasteiger partial charge in [0, 0.05) is 12.5 Å². The van der Waals surface area contributed by atoms with Gasteiger partial charge in [-0.15, -0.1) is 0 Å². The Morgan fingerprint density at radius 3 is 2.24 bits per heavy atom. The van der Waals surface area contributed by atoms with Crippen molar-refractivity contribution < 1.29 is 4.79 Å². The number of piperidine rings is 2. The highest BCUT2D eigenvalue weighted by molar-refractivity contribution is 5.73. The van der Waals surface area contributed by atoms with Crippen LogP contribution >= 0.6 is 0 Å². The minimum Gasteiger partial charge on any atom is -0.370 e. The fourth-order valence-corrected chi connectivity index (χ4v) is 3.17. The van der Waals surface area contributed by atoms with Gasteiger partial charge in [0.15, 0.2) is 0 Å². The number of hydrogen-bond acceptors (Lipinski definition) is 3. The zero-order valence-electron chi connectivity index (χ0n) is 10.9. The van der Waals surface area contributed by atoms with Crippen molar-refractivity contribution in [2.45, 2.75) is 38.1 Å². The number of carbonyl (C=O) groups is 1. The molecule has 0 unspecified atom stereocenters. The molecule has 2 aliphatic heterocycles. The number of amides is 1. The maximum Gasteiger partial charge on any atom is 0.217 e. The van der Waals surface area contributed by atoms with Gasteiger partial charge in [0.1, 0.15) is 0 Å². The first-order valence-electron chi connectivity index (χ1n) is 6.86. The average Bonchev–Trinajstić information content (AvgIpc) is 2.30. The lowest BCUT2D eigenvalue weighted by molar-refractivity contribution is -0.119. The van der Waals surface area contributed by atoms with Crippen molar-refractivity contribution in [3.8, 4) is 0 Å². The van der Waals surface area contributed by atoms with E-state index < -0.39 is 0 Å². The van der Waals surface area contributed by atoms with Crippen LogP contribution in [0.15, 0.2) is 0 Å². The van der Waals surface area contributed by atoms with Gasteiger partial charge in [-0.1, -0.05) is 0 Å². The largest absolute Gasteiger partial charge is 0.370 e. The number of nitrogens with zero attached hydrogens (tertiary/aromatic N) is 2. The highest BCUT2D eigenvalue weighted by Gasteiger charge is 2.27. The van der Waals surface area contributed by atoms with E-state index in [2.05, 4.69) is 16.8 Å². The van der Waals surface area contributed by atoms with Crippen LogP contribution in [0.3, 0.4) is 0 Å². The predicted octanol–water partition coefficient (Wildman–Crippen LogP) is 0.668. The van der Waals surface area contributed by atoms with E-state index in [0.29, 0.717) is 12.3 Å². The summed E-state index contributed by atoms with van der Waals surface area (Å²) in [4.78, 5) is 15.9. The molecule has 17 heavy (non-hydrogen) atoms. The number of primary amides is 1. The molecule has 4 nitrogen and oxygen atoms in total. The van der Waals surface area contributed by atoms with Crippen LogP contribution in [0.5, 0.6) is 0 Å². The second kappa shape index (κ2) is 5.83. The summed E-state index contributed by atoms with van der Waals surface area (Å²) in [5.41, 5.74) is 5.26. The monoisotopic (exact) mass is 239 g/mol. The SMILES string of the molecule is CN1CCC(N2CCC(CC(N)=O)CC2)CC1. The summed E-state index contributed by atoms with van der Waals surface area (Å²) < 4.78 is 0. The topological polar surface area (TPSA) is 49.6 Å². The number of nitrogens with two attached hydrogens (primary N) is 1. The Hall–Kier alpha value is -0.610. The molecule has 2 aliphatic rings. The standard InChI is InChI=1S/C13H25N3O/c1-15-6-4-12(5-7-15)16-8-2-11(3-9-16)10-13(14)17/h11-12H,2-10H2,1H3,(H2,14,17). The summed E-state index contributed by atoms with van der Waals surface area (Å²) in [7, 11) is 2.20. The molecule has 2 rings (SSSR count). The Bertz CT molecular complexity index is 253. The van der Waals surface area contributed by atoms with E-state index in [4.69, 9.17) is 5.73 Å². The molecule has 2 heterocycles. The van der Waals surface area contributed by atoms with Gasteiger partial charge >= 0.3 is 0 Å². The first kappa shape index (κ1) is 12.8. The Balaban J connectivity index is 1.73. The number of likely N-dealkylation sites (tertiary alicyclic amines) is 2. The molecule has 0 aromatic heterocycles. The van der Waals surface area contributed by atoms with Crippen molar-refractivity contribution in [1.82, 2.24) is 9.80 Å². The molecule has 98 valence electrons. The second-order valence-corrected chi connectivity index (χ2v) is 5.68. The van der Waals surface area contributed by atoms with E-state index in [0.717, 1.165) is 32.0 Å². The van der Waals surface area contributed by atoms with Gasteiger partial charge in [-0.05, 0) is 64.8 Å². The van der Waals surface area contributed by atoms with Crippen LogP contribution in [0.4, 0.5) is 0 Å². The molecule has 0 spiro atoms. The smallest absolute Gasteiger partial charge is 0.217 e. The van der Waals surface area contributed by atoms with Crippen LogP contribution in [0, 0.1) is 5.92 Å². The van der Waals surface area contributed by atoms with Gasteiger partial charge < -0.3 is 15.5 Å². The van der Waals surface area contributed by atoms with Crippen LogP contribution in [-0.4, -0.2) is 55.0 Å². The molecule has 2 fully saturated rings. The third-order valence-electron chi connectivity index (χ3n) is 4.34. The van der Waals surface area contributed by atoms with Gasteiger partial charge in [-0.25, -0.2) is 0 Å². The average molecular weight is 239 g/mol. The van der Waals surface area contributed by atoms with Gasteiger partial charge in [-0.3, -0.25) is 4.79 Å². The zero-order valence-corrected chi connectivity index (χ0v) is 10.9. The first-order valence-corrected chi connectivity index (χ1v) is 6.86. The Labute approximate surface area is 104 Å². The fourth-order valence-electron chi connectivity index (χ4n) is 3.17. The molecule has 4 heteroatoms. The van der Waals surface area contributed by atoms with E-state index in [-0.39, 0.29) is 5.91 Å². The molecular formula is C13H25N3O. The Morgan fingerprint density at radius 2 is 1.71 bits per heavy atom. The lowest BCUT2D eigenvalue weighted by Crippen LogP contribution is -2.47. The highest BCUT2D eigenvalue weighted by Crippen LogP contribution is 2.25. The van der Waals surface area contributed by atoms with Crippen LogP contribution in [0.25, 0.3) is 0 Å². The molecule has 0 aliphatic carbocycles. The molecule has 2 N–H and O–H groups in total. The van der Waals surface area contributed by atoms with Crippen LogP contribution in [0.1, 0.15) is 32.1 Å². The van der Waals surface area contributed by atoms with Gasteiger partial charge in [-0.2, -0.15) is 0 Å². The summed E-state index contributed by atoms with van der Waals surface area (Å²) in [6.45, 7) is 4.77. The third-order valence-corrected chi connectivity index (χ3v) is 4.34. The van der Waals surface area contributed by atoms with Crippen molar-refractivity contribution in [2.75, 3.05) is 33.2 Å².